The van der Waals surface area contributed by atoms with E-state index in [1.807, 2.05) is 44.2 Å². The molecule has 9 heteroatoms. The zero-order chi connectivity index (χ0) is 23.4. The molecule has 166 valence electrons. The van der Waals surface area contributed by atoms with E-state index < -0.39 is 17.1 Å². The van der Waals surface area contributed by atoms with Gasteiger partial charge in [0.05, 0.1) is 11.4 Å². The van der Waals surface area contributed by atoms with Crippen LogP contribution in [0.15, 0.2) is 63.1 Å². The summed E-state index contributed by atoms with van der Waals surface area (Å²) in [6, 6.07) is 14.7. The number of hydrogen-bond acceptors (Lipinski definition) is 6. The number of hydrogen-bond donors (Lipinski definition) is 2. The number of aryl methyl sites for hydroxylation is 2. The highest BCUT2D eigenvalue weighted by Gasteiger charge is 2.22. The number of amides is 1. The maximum Gasteiger partial charge on any atom is 0.333 e. The molecule has 1 aromatic heterocycles. The van der Waals surface area contributed by atoms with Gasteiger partial charge < -0.3 is 10.4 Å². The number of aliphatic imine (C=N–C) groups is 1. The third kappa shape index (κ3) is 5.17. The second-order valence-corrected chi connectivity index (χ2v) is 8.33. The standard InChI is InChI=1S/C23H24N4O4S/c1-14-8-10-16(11-9-14)24-18(28)13-32-20(25-17-7-5-6-15(2)12-17)19-21(29)26(3)23(31)27(4)22(19)30/h5-12,29H,13H2,1-4H3,(H,24,28). The minimum Gasteiger partial charge on any atom is -0.494 e. The first-order valence-corrected chi connectivity index (χ1v) is 10.8. The van der Waals surface area contributed by atoms with Gasteiger partial charge in [0.15, 0.2) is 0 Å². The minimum atomic E-state index is -0.691. The topological polar surface area (TPSA) is 106 Å². The monoisotopic (exact) mass is 452 g/mol. The van der Waals surface area contributed by atoms with Crippen LogP contribution in [0.3, 0.4) is 0 Å². The van der Waals surface area contributed by atoms with Gasteiger partial charge in [-0.1, -0.05) is 41.6 Å². The van der Waals surface area contributed by atoms with Crippen molar-refractivity contribution in [1.29, 1.82) is 0 Å². The average molecular weight is 453 g/mol. The number of carbonyl (C=O) groups excluding carboxylic acids is 1. The molecule has 0 aliphatic heterocycles. The van der Waals surface area contributed by atoms with Crippen molar-refractivity contribution in [3.63, 3.8) is 0 Å². The largest absolute Gasteiger partial charge is 0.494 e. The Morgan fingerprint density at radius 3 is 2.38 bits per heavy atom. The lowest BCUT2D eigenvalue weighted by Gasteiger charge is -2.13. The van der Waals surface area contributed by atoms with Crippen molar-refractivity contribution in [3.05, 3.63) is 86.1 Å². The molecule has 0 radical (unpaired) electrons. The molecule has 1 amide bonds. The predicted octanol–water partition coefficient (Wildman–Crippen LogP) is 2.86. The number of rotatable bonds is 5. The Hall–Kier alpha value is -3.59. The van der Waals surface area contributed by atoms with Crippen LogP contribution in [0.1, 0.15) is 16.7 Å². The normalized spacial score (nSPS) is 11.4. The summed E-state index contributed by atoms with van der Waals surface area (Å²) in [5.41, 5.74) is 1.76. The van der Waals surface area contributed by atoms with E-state index in [1.165, 1.54) is 14.1 Å². The van der Waals surface area contributed by atoms with Gasteiger partial charge in [-0.15, -0.1) is 0 Å². The first-order chi connectivity index (χ1) is 15.2. The van der Waals surface area contributed by atoms with Gasteiger partial charge in [-0.3, -0.25) is 18.7 Å². The lowest BCUT2D eigenvalue weighted by molar-refractivity contribution is -0.113. The Morgan fingerprint density at radius 2 is 1.72 bits per heavy atom. The van der Waals surface area contributed by atoms with Gasteiger partial charge >= 0.3 is 5.69 Å². The summed E-state index contributed by atoms with van der Waals surface area (Å²) in [5, 5.41) is 13.5. The fraction of sp³-hybridized carbons (Fsp3) is 0.217. The van der Waals surface area contributed by atoms with Crippen molar-refractivity contribution < 1.29 is 9.90 Å². The summed E-state index contributed by atoms with van der Waals surface area (Å²) in [4.78, 5) is 42.0. The smallest absolute Gasteiger partial charge is 0.333 e. The van der Waals surface area contributed by atoms with E-state index in [9.17, 15) is 19.5 Å². The highest BCUT2D eigenvalue weighted by atomic mass is 32.2. The zero-order valence-electron chi connectivity index (χ0n) is 18.2. The Kier molecular flexibility index (Phi) is 6.99. The van der Waals surface area contributed by atoms with Gasteiger partial charge in [-0.05, 0) is 43.7 Å². The fourth-order valence-corrected chi connectivity index (χ4v) is 3.80. The van der Waals surface area contributed by atoms with Crippen LogP contribution in [0.25, 0.3) is 0 Å². The van der Waals surface area contributed by atoms with Gasteiger partial charge in [0.1, 0.15) is 10.6 Å². The van der Waals surface area contributed by atoms with Crippen LogP contribution in [0.4, 0.5) is 11.4 Å². The summed E-state index contributed by atoms with van der Waals surface area (Å²) in [7, 11) is 2.69. The Balaban J connectivity index is 1.98. The average Bonchev–Trinajstić information content (AvgIpc) is 2.76. The summed E-state index contributed by atoms with van der Waals surface area (Å²) < 4.78 is 1.86. The number of aromatic hydroxyl groups is 1. The molecule has 0 bridgehead atoms. The number of nitrogens with zero attached hydrogens (tertiary/aromatic N) is 3. The van der Waals surface area contributed by atoms with E-state index in [4.69, 9.17) is 0 Å². The van der Waals surface area contributed by atoms with Crippen LogP contribution >= 0.6 is 11.8 Å². The number of benzene rings is 2. The summed E-state index contributed by atoms with van der Waals surface area (Å²) in [6.45, 7) is 3.86. The molecule has 0 aliphatic rings. The van der Waals surface area contributed by atoms with Gasteiger partial charge in [0.2, 0.25) is 11.8 Å². The minimum absolute atomic E-state index is 0.0516. The molecule has 32 heavy (non-hydrogen) atoms. The third-order valence-electron chi connectivity index (χ3n) is 4.76. The molecule has 3 aromatic rings. The molecule has 3 rings (SSSR count). The molecule has 0 saturated carbocycles. The molecule has 1 heterocycles. The number of nitrogens with one attached hydrogen (secondary N) is 1. The molecule has 0 saturated heterocycles. The zero-order valence-corrected chi connectivity index (χ0v) is 19.1. The SMILES string of the molecule is Cc1ccc(NC(=O)CSC(=Nc2cccc(C)c2)c2c(O)n(C)c(=O)n(C)c2=O)cc1. The van der Waals surface area contributed by atoms with Crippen molar-refractivity contribution in [2.45, 2.75) is 13.8 Å². The second kappa shape index (κ2) is 9.69. The molecule has 0 aliphatic carbocycles. The van der Waals surface area contributed by atoms with Crippen LogP contribution in [0, 0.1) is 13.8 Å². The van der Waals surface area contributed by atoms with Crippen LogP contribution in [0.5, 0.6) is 5.88 Å². The van der Waals surface area contributed by atoms with E-state index >= 15 is 0 Å². The molecule has 0 fully saturated rings. The highest BCUT2D eigenvalue weighted by Crippen LogP contribution is 2.24. The number of aromatic nitrogens is 2. The van der Waals surface area contributed by atoms with E-state index in [0.29, 0.717) is 11.4 Å². The summed E-state index contributed by atoms with van der Waals surface area (Å²) in [6.07, 6.45) is 0. The first-order valence-electron chi connectivity index (χ1n) is 9.81. The van der Waals surface area contributed by atoms with E-state index in [1.54, 1.807) is 18.2 Å². The molecule has 2 N–H and O–H groups in total. The van der Waals surface area contributed by atoms with Crippen molar-refractivity contribution in [2.24, 2.45) is 19.1 Å². The number of thioether (sulfide) groups is 1. The van der Waals surface area contributed by atoms with Crippen LogP contribution in [0.2, 0.25) is 0 Å². The maximum atomic E-state index is 12.8. The molecule has 0 spiro atoms. The highest BCUT2D eigenvalue weighted by molar-refractivity contribution is 8.15. The fourth-order valence-electron chi connectivity index (χ4n) is 2.96. The van der Waals surface area contributed by atoms with Gasteiger partial charge in [-0.2, -0.15) is 0 Å². The number of carbonyl (C=O) groups is 1. The first kappa shape index (κ1) is 23.1. The van der Waals surface area contributed by atoms with Crippen molar-refractivity contribution in [3.8, 4) is 5.88 Å². The Morgan fingerprint density at radius 1 is 1.03 bits per heavy atom. The molecule has 8 nitrogen and oxygen atoms in total. The summed E-state index contributed by atoms with van der Waals surface area (Å²) >= 11 is 1.01. The van der Waals surface area contributed by atoms with Crippen LogP contribution in [-0.4, -0.2) is 30.9 Å². The van der Waals surface area contributed by atoms with Gasteiger partial charge in [0, 0.05) is 19.8 Å². The summed E-state index contributed by atoms with van der Waals surface area (Å²) in [5.74, 6) is -0.850. The van der Waals surface area contributed by atoms with Gasteiger partial charge in [0.25, 0.3) is 5.56 Å². The molecular formula is C23H24N4O4S. The van der Waals surface area contributed by atoms with E-state index in [0.717, 1.165) is 32.0 Å². The van der Waals surface area contributed by atoms with Crippen LogP contribution < -0.4 is 16.6 Å². The lowest BCUT2D eigenvalue weighted by Crippen LogP contribution is -2.39. The predicted molar refractivity (Wildman–Crippen MR) is 128 cm³/mol. The molecule has 2 aromatic carbocycles. The van der Waals surface area contributed by atoms with Crippen LogP contribution in [-0.2, 0) is 18.9 Å². The third-order valence-corrected chi connectivity index (χ3v) is 5.73. The molecule has 0 unspecified atom stereocenters. The Bertz CT molecular complexity index is 1310. The maximum absolute atomic E-state index is 12.8. The van der Waals surface area contributed by atoms with Crippen molar-refractivity contribution in [2.75, 3.05) is 11.1 Å². The quantitative estimate of drug-likeness (QED) is 0.457. The van der Waals surface area contributed by atoms with E-state index in [2.05, 4.69) is 10.3 Å². The lowest BCUT2D eigenvalue weighted by atomic mass is 10.2. The van der Waals surface area contributed by atoms with E-state index in [-0.39, 0.29) is 22.3 Å². The second-order valence-electron chi connectivity index (χ2n) is 7.36. The van der Waals surface area contributed by atoms with Gasteiger partial charge in [-0.25, -0.2) is 9.79 Å². The van der Waals surface area contributed by atoms with Crippen molar-refractivity contribution >= 4 is 34.1 Å². The molecule has 0 atom stereocenters. The number of anilines is 1. The van der Waals surface area contributed by atoms with Crippen molar-refractivity contribution in [1.82, 2.24) is 9.13 Å². The molecular weight excluding hydrogens is 428 g/mol. The Labute approximate surface area is 189 Å².